The Morgan fingerprint density at radius 2 is 2.21 bits per heavy atom. The van der Waals surface area contributed by atoms with Crippen molar-refractivity contribution >= 4 is 39.1 Å². The van der Waals surface area contributed by atoms with Gasteiger partial charge in [0.15, 0.2) is 0 Å². The van der Waals surface area contributed by atoms with E-state index in [0.717, 1.165) is 18.6 Å². The zero-order valence-electron chi connectivity index (χ0n) is 10.4. The number of nitrogen functional groups attached to an aromatic ring is 1. The Morgan fingerprint density at radius 3 is 2.84 bits per heavy atom. The normalized spacial score (nSPS) is 20.4. The highest BCUT2D eigenvalue weighted by atomic mass is 35.5. The topological polar surface area (TPSA) is 72.2 Å². The van der Waals surface area contributed by atoms with Crippen LogP contribution in [0, 0.1) is 0 Å². The van der Waals surface area contributed by atoms with Crippen LogP contribution >= 0.6 is 23.4 Å². The molecule has 1 heterocycles. The van der Waals surface area contributed by atoms with Gasteiger partial charge in [-0.2, -0.15) is 11.8 Å². The van der Waals surface area contributed by atoms with Gasteiger partial charge in [-0.05, 0) is 30.7 Å². The number of benzene rings is 1. The largest absolute Gasteiger partial charge is 0.398 e. The third kappa shape index (κ3) is 3.78. The standard InChI is InChI=1S/C12H17ClN2O2S2/c13-10-5-3-6-11(14)12(10)19(16,17)15-8-9-4-1-2-7-18-9/h3,5-6,9,15H,1-2,4,7-8,14H2. The molecular weight excluding hydrogens is 304 g/mol. The number of thioether (sulfide) groups is 1. The van der Waals surface area contributed by atoms with E-state index in [2.05, 4.69) is 4.72 Å². The van der Waals surface area contributed by atoms with Gasteiger partial charge in [0, 0.05) is 11.8 Å². The molecule has 0 aliphatic carbocycles. The van der Waals surface area contributed by atoms with E-state index in [1.54, 1.807) is 6.07 Å². The molecule has 0 radical (unpaired) electrons. The number of anilines is 1. The summed E-state index contributed by atoms with van der Waals surface area (Å²) in [6.45, 7) is 0.428. The molecule has 3 N–H and O–H groups in total. The number of halogens is 1. The maximum Gasteiger partial charge on any atom is 0.244 e. The van der Waals surface area contributed by atoms with Crippen LogP contribution in [0.2, 0.25) is 5.02 Å². The van der Waals surface area contributed by atoms with Crippen LogP contribution in [0.5, 0.6) is 0 Å². The van der Waals surface area contributed by atoms with Crippen molar-refractivity contribution in [3.8, 4) is 0 Å². The number of hydrogen-bond acceptors (Lipinski definition) is 4. The highest BCUT2D eigenvalue weighted by Crippen LogP contribution is 2.28. The van der Waals surface area contributed by atoms with Crippen LogP contribution in [0.4, 0.5) is 5.69 Å². The molecule has 0 amide bonds. The molecule has 106 valence electrons. The molecule has 1 saturated heterocycles. The Kier molecular flexibility index (Phi) is 5.00. The summed E-state index contributed by atoms with van der Waals surface area (Å²) in [5, 5.41) is 0.496. The van der Waals surface area contributed by atoms with E-state index in [-0.39, 0.29) is 15.6 Å². The lowest BCUT2D eigenvalue weighted by Gasteiger charge is -2.21. The zero-order chi connectivity index (χ0) is 13.9. The summed E-state index contributed by atoms with van der Waals surface area (Å²) in [6, 6.07) is 4.70. The van der Waals surface area contributed by atoms with E-state index >= 15 is 0 Å². The van der Waals surface area contributed by atoms with Crippen molar-refractivity contribution in [3.05, 3.63) is 23.2 Å². The maximum absolute atomic E-state index is 12.2. The second-order valence-corrected chi connectivity index (χ2v) is 8.02. The molecule has 1 atom stereocenters. The summed E-state index contributed by atoms with van der Waals surface area (Å²) >= 11 is 7.75. The number of sulfonamides is 1. The summed E-state index contributed by atoms with van der Waals surface area (Å²) in [5.41, 5.74) is 5.88. The molecule has 19 heavy (non-hydrogen) atoms. The molecular formula is C12H17ClN2O2S2. The van der Waals surface area contributed by atoms with Gasteiger partial charge in [-0.25, -0.2) is 13.1 Å². The zero-order valence-corrected chi connectivity index (χ0v) is 12.8. The molecule has 1 fully saturated rings. The Bertz CT molecular complexity index is 522. The van der Waals surface area contributed by atoms with E-state index in [0.29, 0.717) is 11.8 Å². The molecule has 0 spiro atoms. The predicted octanol–water partition coefficient (Wildman–Crippen LogP) is 2.49. The minimum Gasteiger partial charge on any atom is -0.398 e. The highest BCUT2D eigenvalue weighted by molar-refractivity contribution is 8.00. The van der Waals surface area contributed by atoms with Gasteiger partial charge < -0.3 is 5.73 Å². The van der Waals surface area contributed by atoms with Gasteiger partial charge in [0.2, 0.25) is 10.0 Å². The lowest BCUT2D eigenvalue weighted by molar-refractivity contribution is 0.574. The number of rotatable bonds is 4. The summed E-state index contributed by atoms with van der Waals surface area (Å²) in [5.74, 6) is 1.10. The third-order valence-electron chi connectivity index (χ3n) is 3.04. The molecule has 1 aliphatic rings. The molecule has 1 aliphatic heterocycles. The molecule has 2 rings (SSSR count). The Balaban J connectivity index is 2.09. The molecule has 1 aromatic carbocycles. The van der Waals surface area contributed by atoms with E-state index in [9.17, 15) is 8.42 Å². The Morgan fingerprint density at radius 1 is 1.42 bits per heavy atom. The summed E-state index contributed by atoms with van der Waals surface area (Å²) in [4.78, 5) is -0.0162. The minimum atomic E-state index is -3.64. The van der Waals surface area contributed by atoms with Gasteiger partial charge in [-0.3, -0.25) is 0 Å². The molecule has 0 saturated carbocycles. The summed E-state index contributed by atoms with van der Waals surface area (Å²) < 4.78 is 27.1. The van der Waals surface area contributed by atoms with Gasteiger partial charge >= 0.3 is 0 Å². The second-order valence-electron chi connectivity index (χ2n) is 4.50. The predicted molar refractivity (Wildman–Crippen MR) is 81.1 cm³/mol. The molecule has 1 unspecified atom stereocenters. The first-order chi connectivity index (χ1) is 9.00. The first-order valence-corrected chi connectivity index (χ1v) is 9.07. The van der Waals surface area contributed by atoms with Gasteiger partial charge in [0.25, 0.3) is 0 Å². The quantitative estimate of drug-likeness (QED) is 0.836. The lowest BCUT2D eigenvalue weighted by atomic mass is 10.2. The average Bonchev–Trinajstić information content (AvgIpc) is 2.37. The second kappa shape index (κ2) is 6.35. The van der Waals surface area contributed by atoms with Gasteiger partial charge in [-0.1, -0.05) is 24.1 Å². The Labute approximate surface area is 123 Å². The van der Waals surface area contributed by atoms with E-state index in [1.165, 1.54) is 18.6 Å². The monoisotopic (exact) mass is 320 g/mol. The van der Waals surface area contributed by atoms with Crippen molar-refractivity contribution < 1.29 is 8.42 Å². The smallest absolute Gasteiger partial charge is 0.244 e. The maximum atomic E-state index is 12.2. The van der Waals surface area contributed by atoms with E-state index < -0.39 is 10.0 Å². The fraction of sp³-hybridized carbons (Fsp3) is 0.500. The van der Waals surface area contributed by atoms with Crippen LogP contribution < -0.4 is 10.5 Å². The van der Waals surface area contributed by atoms with E-state index in [1.807, 2.05) is 11.8 Å². The van der Waals surface area contributed by atoms with Crippen molar-refractivity contribution in [2.24, 2.45) is 0 Å². The summed E-state index contributed by atoms with van der Waals surface area (Å²) in [7, 11) is -3.64. The van der Waals surface area contributed by atoms with Crippen LogP contribution in [0.1, 0.15) is 19.3 Å². The first kappa shape index (κ1) is 15.0. The van der Waals surface area contributed by atoms with Crippen molar-refractivity contribution in [2.45, 2.75) is 29.4 Å². The van der Waals surface area contributed by atoms with Crippen molar-refractivity contribution in [2.75, 3.05) is 18.0 Å². The van der Waals surface area contributed by atoms with Crippen LogP contribution in [-0.2, 0) is 10.0 Å². The van der Waals surface area contributed by atoms with Crippen LogP contribution in [0.15, 0.2) is 23.1 Å². The summed E-state index contributed by atoms with van der Waals surface area (Å²) in [6.07, 6.45) is 3.42. The minimum absolute atomic E-state index is 0.0162. The number of nitrogens with one attached hydrogen (secondary N) is 1. The first-order valence-electron chi connectivity index (χ1n) is 6.16. The molecule has 7 heteroatoms. The van der Waals surface area contributed by atoms with Gasteiger partial charge in [0.05, 0.1) is 10.7 Å². The average molecular weight is 321 g/mol. The highest BCUT2D eigenvalue weighted by Gasteiger charge is 2.23. The molecule has 0 bridgehead atoms. The fourth-order valence-corrected chi connectivity index (χ4v) is 5.15. The fourth-order valence-electron chi connectivity index (χ4n) is 2.05. The van der Waals surface area contributed by atoms with Crippen molar-refractivity contribution in [3.63, 3.8) is 0 Å². The Hall–Kier alpha value is -0.430. The van der Waals surface area contributed by atoms with Crippen molar-refractivity contribution in [1.82, 2.24) is 4.72 Å². The SMILES string of the molecule is Nc1cccc(Cl)c1S(=O)(=O)NCC1CCCCS1. The van der Waals surface area contributed by atoms with Gasteiger partial charge in [0.1, 0.15) is 4.90 Å². The lowest BCUT2D eigenvalue weighted by Crippen LogP contribution is -2.32. The van der Waals surface area contributed by atoms with Crippen LogP contribution in [0.3, 0.4) is 0 Å². The third-order valence-corrected chi connectivity index (χ3v) is 6.41. The molecule has 0 aromatic heterocycles. The molecule has 4 nitrogen and oxygen atoms in total. The molecule has 1 aromatic rings. The van der Waals surface area contributed by atoms with Gasteiger partial charge in [-0.15, -0.1) is 0 Å². The van der Waals surface area contributed by atoms with Crippen LogP contribution in [0.25, 0.3) is 0 Å². The van der Waals surface area contributed by atoms with Crippen molar-refractivity contribution in [1.29, 1.82) is 0 Å². The number of hydrogen-bond donors (Lipinski definition) is 2. The number of nitrogens with two attached hydrogens (primary N) is 1. The van der Waals surface area contributed by atoms with Crippen LogP contribution in [-0.4, -0.2) is 26.0 Å². The van der Waals surface area contributed by atoms with E-state index in [4.69, 9.17) is 17.3 Å².